The molecule has 1 amide bonds. The second-order valence-electron chi connectivity index (χ2n) is 4.34. The third kappa shape index (κ3) is 2.03. The van der Waals surface area contributed by atoms with Gasteiger partial charge >= 0.3 is 0 Å². The molecule has 2 rings (SSSR count). The van der Waals surface area contributed by atoms with Crippen LogP contribution in [0.15, 0.2) is 6.20 Å². The molecule has 3 N–H and O–H groups in total. The number of H-pyrrole nitrogens is 1. The summed E-state index contributed by atoms with van der Waals surface area (Å²) in [4.78, 5) is 13.9. The van der Waals surface area contributed by atoms with Gasteiger partial charge in [0.25, 0.3) is 5.91 Å². The lowest BCUT2D eigenvalue weighted by molar-refractivity contribution is 0.0701. The van der Waals surface area contributed by atoms with Gasteiger partial charge in [-0.25, -0.2) is 0 Å². The Bertz CT molecular complexity index is 370. The van der Waals surface area contributed by atoms with Crippen LogP contribution in [0.4, 0.5) is 5.69 Å². The van der Waals surface area contributed by atoms with Crippen LogP contribution in [0.1, 0.15) is 36.7 Å². The summed E-state index contributed by atoms with van der Waals surface area (Å²) in [5.41, 5.74) is 6.52. The molecule has 0 unspecified atom stereocenters. The Hall–Kier alpha value is -1.52. The lowest BCUT2D eigenvalue weighted by Crippen LogP contribution is -2.37. The lowest BCUT2D eigenvalue weighted by atomic mass is 9.85. The lowest BCUT2D eigenvalue weighted by Gasteiger charge is -2.31. The van der Waals surface area contributed by atoms with Crippen molar-refractivity contribution >= 4 is 11.6 Å². The number of hydrogen-bond donors (Lipinski definition) is 2. The van der Waals surface area contributed by atoms with Crippen LogP contribution in [0.3, 0.4) is 0 Å². The third-order valence-corrected chi connectivity index (χ3v) is 3.25. The Balaban J connectivity index is 2.03. The van der Waals surface area contributed by atoms with Crippen molar-refractivity contribution in [2.24, 2.45) is 5.92 Å². The van der Waals surface area contributed by atoms with E-state index < -0.39 is 0 Å². The summed E-state index contributed by atoms with van der Waals surface area (Å²) in [5.74, 6) is 0.637. The van der Waals surface area contributed by atoms with E-state index in [-0.39, 0.29) is 5.91 Å². The summed E-state index contributed by atoms with van der Waals surface area (Å²) in [5, 5.41) is 6.44. The van der Waals surface area contributed by atoms with Crippen LogP contribution in [0, 0.1) is 5.92 Å². The number of carbonyl (C=O) groups excluding carboxylic acids is 1. The maximum Gasteiger partial charge on any atom is 0.274 e. The van der Waals surface area contributed by atoms with E-state index in [2.05, 4.69) is 10.2 Å². The summed E-state index contributed by atoms with van der Waals surface area (Å²) in [7, 11) is 0. The molecule has 1 aromatic heterocycles. The van der Waals surface area contributed by atoms with Gasteiger partial charge in [0.05, 0.1) is 11.9 Å². The molecule has 1 aromatic rings. The van der Waals surface area contributed by atoms with Gasteiger partial charge in [-0.3, -0.25) is 9.89 Å². The van der Waals surface area contributed by atoms with Crippen molar-refractivity contribution in [2.45, 2.75) is 26.2 Å². The Kier molecular flexibility index (Phi) is 3.12. The highest BCUT2D eigenvalue weighted by Gasteiger charge is 2.24. The molecule has 0 atom stereocenters. The maximum atomic E-state index is 12.1. The van der Waals surface area contributed by atoms with Gasteiger partial charge in [-0.15, -0.1) is 0 Å². The predicted octanol–water partition coefficient (Wildman–Crippen LogP) is 1.25. The van der Waals surface area contributed by atoms with Crippen molar-refractivity contribution in [2.75, 3.05) is 18.8 Å². The number of nitrogen functional groups attached to an aromatic ring is 1. The summed E-state index contributed by atoms with van der Waals surface area (Å²) < 4.78 is 0. The molecule has 1 saturated carbocycles. The average Bonchev–Trinajstić information content (AvgIpc) is 2.62. The minimum Gasteiger partial charge on any atom is -0.396 e. The zero-order valence-electron chi connectivity index (χ0n) is 9.57. The van der Waals surface area contributed by atoms with Crippen LogP contribution < -0.4 is 5.73 Å². The Morgan fingerprint density at radius 2 is 2.44 bits per heavy atom. The van der Waals surface area contributed by atoms with E-state index >= 15 is 0 Å². The molecule has 1 aliphatic rings. The van der Waals surface area contributed by atoms with E-state index in [1.54, 1.807) is 0 Å². The van der Waals surface area contributed by atoms with Gasteiger partial charge in [-0.05, 0) is 25.7 Å². The number of nitrogens with zero attached hydrogens (tertiary/aromatic N) is 2. The molecule has 5 nitrogen and oxygen atoms in total. The summed E-state index contributed by atoms with van der Waals surface area (Å²) in [6.45, 7) is 3.55. The van der Waals surface area contributed by atoms with E-state index in [0.29, 0.717) is 23.8 Å². The van der Waals surface area contributed by atoms with E-state index in [4.69, 9.17) is 5.73 Å². The van der Waals surface area contributed by atoms with Crippen LogP contribution in [0.2, 0.25) is 0 Å². The van der Waals surface area contributed by atoms with Crippen molar-refractivity contribution in [3.8, 4) is 0 Å². The molecule has 0 spiro atoms. The molecule has 0 bridgehead atoms. The average molecular weight is 222 g/mol. The smallest absolute Gasteiger partial charge is 0.274 e. The fourth-order valence-electron chi connectivity index (χ4n) is 1.97. The topological polar surface area (TPSA) is 75.0 Å². The van der Waals surface area contributed by atoms with Crippen LogP contribution in [-0.4, -0.2) is 34.1 Å². The number of aromatic amines is 1. The van der Waals surface area contributed by atoms with Gasteiger partial charge in [0.2, 0.25) is 0 Å². The van der Waals surface area contributed by atoms with Crippen molar-refractivity contribution in [3.05, 3.63) is 11.9 Å². The number of anilines is 1. The van der Waals surface area contributed by atoms with E-state index in [0.717, 1.165) is 6.54 Å². The normalized spacial score (nSPS) is 15.8. The molecule has 16 heavy (non-hydrogen) atoms. The van der Waals surface area contributed by atoms with Crippen LogP contribution in [0.25, 0.3) is 0 Å². The van der Waals surface area contributed by atoms with Crippen LogP contribution in [0.5, 0.6) is 0 Å². The van der Waals surface area contributed by atoms with Gasteiger partial charge in [-0.1, -0.05) is 6.42 Å². The highest BCUT2D eigenvalue weighted by Crippen LogP contribution is 2.27. The minimum atomic E-state index is -0.0376. The van der Waals surface area contributed by atoms with Crippen molar-refractivity contribution in [1.82, 2.24) is 15.1 Å². The van der Waals surface area contributed by atoms with Crippen molar-refractivity contribution in [1.29, 1.82) is 0 Å². The molecular weight excluding hydrogens is 204 g/mol. The van der Waals surface area contributed by atoms with Gasteiger partial charge in [0.15, 0.2) is 0 Å². The second kappa shape index (κ2) is 4.55. The number of aromatic nitrogens is 2. The number of rotatable bonds is 4. The van der Waals surface area contributed by atoms with E-state index in [1.807, 2.05) is 11.8 Å². The Morgan fingerprint density at radius 3 is 2.88 bits per heavy atom. The van der Waals surface area contributed by atoms with Gasteiger partial charge in [0, 0.05) is 13.1 Å². The summed E-state index contributed by atoms with van der Waals surface area (Å²) in [6.07, 6.45) is 5.25. The first-order valence-electron chi connectivity index (χ1n) is 5.80. The number of amides is 1. The first-order chi connectivity index (χ1) is 7.72. The molecule has 88 valence electrons. The fraction of sp³-hybridized carbons (Fsp3) is 0.636. The molecule has 1 aliphatic carbocycles. The summed E-state index contributed by atoms with van der Waals surface area (Å²) in [6, 6.07) is 0. The van der Waals surface area contributed by atoms with Crippen LogP contribution in [-0.2, 0) is 0 Å². The zero-order chi connectivity index (χ0) is 11.5. The molecule has 0 aromatic carbocycles. The molecule has 0 saturated heterocycles. The first kappa shape index (κ1) is 11.0. The monoisotopic (exact) mass is 222 g/mol. The standard InChI is InChI=1S/C11H18N4O/c1-2-15(7-8-4-3-5-8)11(16)10-9(12)6-13-14-10/h6,8H,2-5,7,12H2,1H3,(H,13,14). The number of hydrogen-bond acceptors (Lipinski definition) is 3. The number of nitrogens with two attached hydrogens (primary N) is 1. The largest absolute Gasteiger partial charge is 0.396 e. The number of nitrogens with one attached hydrogen (secondary N) is 1. The molecule has 0 radical (unpaired) electrons. The molecular formula is C11H18N4O. The zero-order valence-corrected chi connectivity index (χ0v) is 9.57. The quantitative estimate of drug-likeness (QED) is 0.805. The summed E-state index contributed by atoms with van der Waals surface area (Å²) >= 11 is 0. The van der Waals surface area contributed by atoms with Gasteiger partial charge in [-0.2, -0.15) is 5.10 Å². The molecule has 0 aliphatic heterocycles. The first-order valence-corrected chi connectivity index (χ1v) is 5.80. The van der Waals surface area contributed by atoms with Crippen molar-refractivity contribution < 1.29 is 4.79 Å². The van der Waals surface area contributed by atoms with E-state index in [9.17, 15) is 4.79 Å². The van der Waals surface area contributed by atoms with Gasteiger partial charge in [0.1, 0.15) is 5.69 Å². The fourth-order valence-corrected chi connectivity index (χ4v) is 1.97. The van der Waals surface area contributed by atoms with Crippen molar-refractivity contribution in [3.63, 3.8) is 0 Å². The Labute approximate surface area is 95.0 Å². The SMILES string of the molecule is CCN(CC1CCC1)C(=O)c1[nH]ncc1N. The third-order valence-electron chi connectivity index (χ3n) is 3.25. The molecule has 1 heterocycles. The second-order valence-corrected chi connectivity index (χ2v) is 4.34. The minimum absolute atomic E-state index is 0.0376. The Morgan fingerprint density at radius 1 is 1.69 bits per heavy atom. The molecule has 5 heteroatoms. The highest BCUT2D eigenvalue weighted by atomic mass is 16.2. The molecule has 1 fully saturated rings. The predicted molar refractivity (Wildman–Crippen MR) is 61.9 cm³/mol. The van der Waals surface area contributed by atoms with E-state index in [1.165, 1.54) is 25.5 Å². The highest BCUT2D eigenvalue weighted by molar-refractivity contribution is 5.96. The van der Waals surface area contributed by atoms with Crippen LogP contribution >= 0.6 is 0 Å². The van der Waals surface area contributed by atoms with Gasteiger partial charge < -0.3 is 10.6 Å². The maximum absolute atomic E-state index is 12.1. The number of carbonyl (C=O) groups is 1.